The first-order chi connectivity index (χ1) is 9.66. The van der Waals surface area contributed by atoms with Crippen molar-refractivity contribution in [3.63, 3.8) is 0 Å². The van der Waals surface area contributed by atoms with Crippen LogP contribution in [0, 0.1) is 0 Å². The molecule has 1 aromatic carbocycles. The van der Waals surface area contributed by atoms with Gasteiger partial charge in [-0.25, -0.2) is 0 Å². The SMILES string of the molecule is CC1(c2nc(Cc3cccc(Cl)c3)no2)CCNCC1. The van der Waals surface area contributed by atoms with Crippen LogP contribution in [0.25, 0.3) is 0 Å². The molecule has 20 heavy (non-hydrogen) atoms. The molecule has 4 nitrogen and oxygen atoms in total. The first-order valence-electron chi connectivity index (χ1n) is 6.94. The maximum absolute atomic E-state index is 5.99. The van der Waals surface area contributed by atoms with E-state index in [0.717, 1.165) is 48.2 Å². The molecular weight excluding hydrogens is 274 g/mol. The van der Waals surface area contributed by atoms with Gasteiger partial charge in [-0.05, 0) is 43.6 Å². The van der Waals surface area contributed by atoms with Crippen LogP contribution >= 0.6 is 11.6 Å². The zero-order valence-electron chi connectivity index (χ0n) is 11.5. The maximum Gasteiger partial charge on any atom is 0.232 e. The third-order valence-electron chi connectivity index (χ3n) is 3.94. The van der Waals surface area contributed by atoms with E-state index in [1.165, 1.54) is 0 Å². The zero-order valence-corrected chi connectivity index (χ0v) is 12.3. The Bertz CT molecular complexity index is 590. The molecule has 0 amide bonds. The van der Waals surface area contributed by atoms with Crippen LogP contribution in [0.1, 0.15) is 37.0 Å². The molecule has 2 heterocycles. The van der Waals surface area contributed by atoms with Crippen molar-refractivity contribution in [3.05, 3.63) is 46.6 Å². The molecule has 0 unspecified atom stereocenters. The summed E-state index contributed by atoms with van der Waals surface area (Å²) in [6.07, 6.45) is 2.72. The third-order valence-corrected chi connectivity index (χ3v) is 4.18. The molecular formula is C15H18ClN3O. The van der Waals surface area contributed by atoms with Crippen molar-refractivity contribution in [2.24, 2.45) is 0 Å². The highest BCUT2D eigenvalue weighted by Crippen LogP contribution is 2.31. The fourth-order valence-electron chi connectivity index (χ4n) is 2.59. The summed E-state index contributed by atoms with van der Waals surface area (Å²) in [6, 6.07) is 7.76. The molecule has 0 radical (unpaired) electrons. The molecule has 2 aromatic rings. The minimum absolute atomic E-state index is 0.00479. The number of rotatable bonds is 3. The zero-order chi connectivity index (χ0) is 14.0. The molecule has 0 aliphatic carbocycles. The fourth-order valence-corrected chi connectivity index (χ4v) is 2.81. The Labute approximate surface area is 123 Å². The van der Waals surface area contributed by atoms with E-state index in [1.807, 2.05) is 24.3 Å². The molecule has 1 saturated heterocycles. The molecule has 5 heteroatoms. The Morgan fingerprint density at radius 3 is 2.90 bits per heavy atom. The minimum Gasteiger partial charge on any atom is -0.339 e. The molecule has 3 rings (SSSR count). The van der Waals surface area contributed by atoms with E-state index in [-0.39, 0.29) is 5.41 Å². The number of nitrogens with zero attached hydrogens (tertiary/aromatic N) is 2. The predicted molar refractivity (Wildman–Crippen MR) is 78.0 cm³/mol. The van der Waals surface area contributed by atoms with Gasteiger partial charge in [-0.15, -0.1) is 0 Å². The highest BCUT2D eigenvalue weighted by molar-refractivity contribution is 6.30. The van der Waals surface area contributed by atoms with Crippen LogP contribution in [-0.2, 0) is 11.8 Å². The average Bonchev–Trinajstić information content (AvgIpc) is 2.89. The number of benzene rings is 1. The molecule has 0 spiro atoms. The van der Waals surface area contributed by atoms with Gasteiger partial charge in [0.1, 0.15) is 0 Å². The highest BCUT2D eigenvalue weighted by Gasteiger charge is 2.34. The van der Waals surface area contributed by atoms with E-state index in [1.54, 1.807) is 0 Å². The van der Waals surface area contributed by atoms with Gasteiger partial charge in [-0.2, -0.15) is 4.98 Å². The van der Waals surface area contributed by atoms with E-state index >= 15 is 0 Å². The topological polar surface area (TPSA) is 51.0 Å². The quantitative estimate of drug-likeness (QED) is 0.944. The second-order valence-electron chi connectivity index (χ2n) is 5.63. The number of hydrogen-bond acceptors (Lipinski definition) is 4. The Balaban J connectivity index is 1.76. The first-order valence-corrected chi connectivity index (χ1v) is 7.32. The van der Waals surface area contributed by atoms with Crippen LogP contribution in [-0.4, -0.2) is 23.2 Å². The maximum atomic E-state index is 5.99. The number of halogens is 1. The lowest BCUT2D eigenvalue weighted by molar-refractivity contribution is 0.240. The lowest BCUT2D eigenvalue weighted by Crippen LogP contribution is -2.37. The van der Waals surface area contributed by atoms with E-state index in [0.29, 0.717) is 6.42 Å². The predicted octanol–water partition coefficient (Wildman–Crippen LogP) is 2.95. The molecule has 1 aliphatic heterocycles. The molecule has 1 aromatic heterocycles. The molecule has 1 N–H and O–H groups in total. The van der Waals surface area contributed by atoms with Crippen molar-refractivity contribution in [2.45, 2.75) is 31.6 Å². The second-order valence-corrected chi connectivity index (χ2v) is 6.07. The molecule has 1 aliphatic rings. The monoisotopic (exact) mass is 291 g/mol. The van der Waals surface area contributed by atoms with Gasteiger partial charge in [-0.3, -0.25) is 0 Å². The molecule has 0 bridgehead atoms. The van der Waals surface area contributed by atoms with Crippen LogP contribution in [0.4, 0.5) is 0 Å². The Morgan fingerprint density at radius 2 is 2.15 bits per heavy atom. The average molecular weight is 292 g/mol. The second kappa shape index (κ2) is 5.54. The van der Waals surface area contributed by atoms with Crippen LogP contribution in [0.5, 0.6) is 0 Å². The summed E-state index contributed by atoms with van der Waals surface area (Å²) >= 11 is 5.99. The highest BCUT2D eigenvalue weighted by atomic mass is 35.5. The summed E-state index contributed by atoms with van der Waals surface area (Å²) in [5.74, 6) is 1.48. The lowest BCUT2D eigenvalue weighted by atomic mass is 9.81. The molecule has 0 saturated carbocycles. The van der Waals surface area contributed by atoms with Crippen LogP contribution < -0.4 is 5.32 Å². The molecule has 1 fully saturated rings. The normalized spacial score (nSPS) is 18.1. The van der Waals surface area contributed by atoms with Crippen molar-refractivity contribution in [3.8, 4) is 0 Å². The summed E-state index contributed by atoms with van der Waals surface area (Å²) in [6.45, 7) is 4.20. The number of piperidine rings is 1. The first kappa shape index (κ1) is 13.6. The van der Waals surface area contributed by atoms with E-state index in [4.69, 9.17) is 16.1 Å². The summed E-state index contributed by atoms with van der Waals surface area (Å²) in [7, 11) is 0. The third kappa shape index (κ3) is 2.86. The van der Waals surface area contributed by atoms with Gasteiger partial charge in [0, 0.05) is 16.9 Å². The van der Waals surface area contributed by atoms with Gasteiger partial charge in [0.25, 0.3) is 0 Å². The van der Waals surface area contributed by atoms with Crippen molar-refractivity contribution in [1.82, 2.24) is 15.5 Å². The number of aromatic nitrogens is 2. The van der Waals surface area contributed by atoms with Gasteiger partial charge >= 0.3 is 0 Å². The summed E-state index contributed by atoms with van der Waals surface area (Å²) in [5.41, 5.74) is 1.10. The number of nitrogens with one attached hydrogen (secondary N) is 1. The fraction of sp³-hybridized carbons (Fsp3) is 0.467. The molecule has 106 valence electrons. The standard InChI is InChI=1S/C15H18ClN3O/c1-15(5-7-17-8-6-15)14-18-13(19-20-14)10-11-3-2-4-12(16)9-11/h2-4,9,17H,5-8,10H2,1H3. The van der Waals surface area contributed by atoms with Gasteiger partial charge in [0.15, 0.2) is 5.82 Å². The summed E-state index contributed by atoms with van der Waals surface area (Å²) in [4.78, 5) is 4.58. The van der Waals surface area contributed by atoms with E-state index in [9.17, 15) is 0 Å². The largest absolute Gasteiger partial charge is 0.339 e. The van der Waals surface area contributed by atoms with Gasteiger partial charge in [-0.1, -0.05) is 35.8 Å². The Morgan fingerprint density at radius 1 is 1.35 bits per heavy atom. The Kier molecular flexibility index (Phi) is 3.76. The van der Waals surface area contributed by atoms with Crippen LogP contribution in [0.15, 0.2) is 28.8 Å². The minimum atomic E-state index is 0.00479. The Hall–Kier alpha value is -1.39. The number of hydrogen-bond donors (Lipinski definition) is 1. The van der Waals surface area contributed by atoms with E-state index in [2.05, 4.69) is 22.4 Å². The molecule has 0 atom stereocenters. The van der Waals surface area contributed by atoms with Crippen molar-refractivity contribution >= 4 is 11.6 Å². The van der Waals surface area contributed by atoms with Crippen molar-refractivity contribution in [1.29, 1.82) is 0 Å². The van der Waals surface area contributed by atoms with E-state index < -0.39 is 0 Å². The van der Waals surface area contributed by atoms with Gasteiger partial charge < -0.3 is 9.84 Å². The van der Waals surface area contributed by atoms with Crippen LogP contribution in [0.2, 0.25) is 5.02 Å². The smallest absolute Gasteiger partial charge is 0.232 e. The lowest BCUT2D eigenvalue weighted by Gasteiger charge is -2.30. The van der Waals surface area contributed by atoms with Gasteiger partial charge in [0.05, 0.1) is 0 Å². The van der Waals surface area contributed by atoms with Gasteiger partial charge in [0.2, 0.25) is 5.89 Å². The summed E-state index contributed by atoms with van der Waals surface area (Å²) in [5, 5.41) is 8.20. The van der Waals surface area contributed by atoms with Crippen molar-refractivity contribution in [2.75, 3.05) is 13.1 Å². The summed E-state index contributed by atoms with van der Waals surface area (Å²) < 4.78 is 5.49. The van der Waals surface area contributed by atoms with Crippen LogP contribution in [0.3, 0.4) is 0 Å². The van der Waals surface area contributed by atoms with Crippen molar-refractivity contribution < 1.29 is 4.52 Å².